The predicted octanol–water partition coefficient (Wildman–Crippen LogP) is 3.97. The number of hydrogen-bond donors (Lipinski definition) is 0. The Bertz CT molecular complexity index is 712. The largest absolute Gasteiger partial charge is 0.478 e. The van der Waals surface area contributed by atoms with Crippen LogP contribution in [0, 0.1) is 5.92 Å². The van der Waals surface area contributed by atoms with Gasteiger partial charge in [-0.2, -0.15) is 0 Å². The minimum atomic E-state index is 0.208. The molecule has 0 radical (unpaired) electrons. The topological polar surface area (TPSA) is 24.9 Å². The Balaban J connectivity index is 1.47. The summed E-state index contributed by atoms with van der Waals surface area (Å²) in [4.78, 5) is 4.77. The SMILES string of the molecule is CCCN1COC2C(=CC=CC2Cc2cccc3c2OCN(CCC)C3)C1. The molecule has 4 nitrogen and oxygen atoms in total. The van der Waals surface area contributed by atoms with Crippen molar-refractivity contribution in [2.45, 2.75) is 45.8 Å². The van der Waals surface area contributed by atoms with Crippen molar-refractivity contribution in [2.75, 3.05) is 33.1 Å². The highest BCUT2D eigenvalue weighted by Crippen LogP contribution is 2.35. The highest BCUT2D eigenvalue weighted by atomic mass is 16.5. The molecule has 0 bridgehead atoms. The second-order valence-corrected chi connectivity index (χ2v) is 7.99. The zero-order valence-electron chi connectivity index (χ0n) is 16.7. The van der Waals surface area contributed by atoms with Gasteiger partial charge in [-0.15, -0.1) is 0 Å². The molecule has 1 saturated heterocycles. The van der Waals surface area contributed by atoms with E-state index in [1.165, 1.54) is 23.1 Å². The molecule has 146 valence electrons. The van der Waals surface area contributed by atoms with Gasteiger partial charge in [0.2, 0.25) is 0 Å². The van der Waals surface area contributed by atoms with E-state index in [4.69, 9.17) is 9.47 Å². The fourth-order valence-corrected chi connectivity index (χ4v) is 4.56. The van der Waals surface area contributed by atoms with Crippen molar-refractivity contribution in [3.63, 3.8) is 0 Å². The van der Waals surface area contributed by atoms with Crippen LogP contribution in [0.15, 0.2) is 42.0 Å². The van der Waals surface area contributed by atoms with Crippen molar-refractivity contribution in [3.8, 4) is 5.75 Å². The Hall–Kier alpha value is -1.62. The number of para-hydroxylation sites is 1. The molecule has 2 aliphatic heterocycles. The Morgan fingerprint density at radius 1 is 1.04 bits per heavy atom. The van der Waals surface area contributed by atoms with E-state index in [1.54, 1.807) is 0 Å². The molecule has 1 fully saturated rings. The van der Waals surface area contributed by atoms with Gasteiger partial charge in [-0.1, -0.05) is 50.3 Å². The molecule has 0 amide bonds. The van der Waals surface area contributed by atoms with Gasteiger partial charge < -0.3 is 9.47 Å². The summed E-state index contributed by atoms with van der Waals surface area (Å²) < 4.78 is 12.5. The molecule has 0 spiro atoms. The maximum atomic E-state index is 6.28. The molecule has 1 aromatic carbocycles. The predicted molar refractivity (Wildman–Crippen MR) is 109 cm³/mol. The van der Waals surface area contributed by atoms with Crippen LogP contribution in [0.1, 0.15) is 37.8 Å². The quantitative estimate of drug-likeness (QED) is 0.758. The van der Waals surface area contributed by atoms with Crippen LogP contribution >= 0.6 is 0 Å². The van der Waals surface area contributed by atoms with Gasteiger partial charge in [-0.3, -0.25) is 9.80 Å². The van der Waals surface area contributed by atoms with Crippen molar-refractivity contribution in [2.24, 2.45) is 5.92 Å². The van der Waals surface area contributed by atoms with Gasteiger partial charge in [-0.05, 0) is 30.4 Å². The minimum Gasteiger partial charge on any atom is -0.478 e. The third-order valence-corrected chi connectivity index (χ3v) is 5.76. The number of benzene rings is 1. The number of fused-ring (bicyclic) bond motifs is 2. The first kappa shape index (κ1) is 18.7. The molecule has 0 N–H and O–H groups in total. The van der Waals surface area contributed by atoms with Gasteiger partial charge in [0.15, 0.2) is 0 Å². The molecule has 0 aromatic heterocycles. The lowest BCUT2D eigenvalue weighted by Gasteiger charge is -2.39. The third-order valence-electron chi connectivity index (χ3n) is 5.76. The van der Waals surface area contributed by atoms with Crippen LogP contribution in [0.3, 0.4) is 0 Å². The van der Waals surface area contributed by atoms with E-state index in [1.807, 2.05) is 0 Å². The molecule has 2 unspecified atom stereocenters. The summed E-state index contributed by atoms with van der Waals surface area (Å²) in [7, 11) is 0. The van der Waals surface area contributed by atoms with E-state index in [-0.39, 0.29) is 6.10 Å². The standard InChI is InChI=1S/C23H32N2O2/c1-3-11-24-14-20-9-5-7-18(22(20)26-16-24)13-19-8-6-10-21-15-25(12-4-2)17-27-23(19)21/h5-10,18,22H,3-4,11-17H2,1-2H3. The van der Waals surface area contributed by atoms with Gasteiger partial charge in [0.05, 0.1) is 6.10 Å². The number of ether oxygens (including phenoxy) is 2. The highest BCUT2D eigenvalue weighted by molar-refractivity contribution is 5.43. The molecule has 1 aromatic rings. The van der Waals surface area contributed by atoms with Gasteiger partial charge in [0.25, 0.3) is 0 Å². The van der Waals surface area contributed by atoms with Crippen molar-refractivity contribution in [1.29, 1.82) is 0 Å². The van der Waals surface area contributed by atoms with Crippen molar-refractivity contribution >= 4 is 0 Å². The Kier molecular flexibility index (Phi) is 5.96. The lowest BCUT2D eigenvalue weighted by Crippen LogP contribution is -2.44. The zero-order chi connectivity index (χ0) is 18.6. The van der Waals surface area contributed by atoms with Crippen LogP contribution in [0.5, 0.6) is 5.75 Å². The van der Waals surface area contributed by atoms with Crippen LogP contribution in [0.25, 0.3) is 0 Å². The first-order chi connectivity index (χ1) is 13.3. The molecule has 27 heavy (non-hydrogen) atoms. The van der Waals surface area contributed by atoms with Crippen LogP contribution < -0.4 is 4.74 Å². The fourth-order valence-electron chi connectivity index (χ4n) is 4.56. The Morgan fingerprint density at radius 3 is 2.67 bits per heavy atom. The average Bonchev–Trinajstić information content (AvgIpc) is 2.69. The van der Waals surface area contributed by atoms with Crippen molar-refractivity contribution in [3.05, 3.63) is 53.1 Å². The summed E-state index contributed by atoms with van der Waals surface area (Å²) >= 11 is 0. The van der Waals surface area contributed by atoms with Gasteiger partial charge in [-0.25, -0.2) is 0 Å². The molecule has 3 aliphatic rings. The Morgan fingerprint density at radius 2 is 1.85 bits per heavy atom. The number of hydrogen-bond acceptors (Lipinski definition) is 4. The molecule has 2 atom stereocenters. The molecule has 2 heterocycles. The van der Waals surface area contributed by atoms with Crippen LogP contribution in [0.2, 0.25) is 0 Å². The number of allylic oxidation sites excluding steroid dienone is 2. The van der Waals surface area contributed by atoms with E-state index in [0.717, 1.165) is 51.5 Å². The van der Waals surface area contributed by atoms with Crippen molar-refractivity contribution in [1.82, 2.24) is 9.80 Å². The first-order valence-electron chi connectivity index (χ1n) is 10.5. The fraction of sp³-hybridized carbons (Fsp3) is 0.565. The van der Waals surface area contributed by atoms with E-state index in [9.17, 15) is 0 Å². The zero-order valence-corrected chi connectivity index (χ0v) is 16.7. The van der Waals surface area contributed by atoms with Crippen molar-refractivity contribution < 1.29 is 9.47 Å². The molecule has 0 saturated carbocycles. The van der Waals surface area contributed by atoms with Gasteiger partial charge in [0, 0.05) is 37.7 Å². The first-order valence-corrected chi connectivity index (χ1v) is 10.5. The highest BCUT2D eigenvalue weighted by Gasteiger charge is 2.32. The van der Waals surface area contributed by atoms with E-state index < -0.39 is 0 Å². The maximum absolute atomic E-state index is 6.28. The summed E-state index contributed by atoms with van der Waals surface area (Å²) in [6.45, 7) is 10.1. The molecule has 4 rings (SSSR count). The van der Waals surface area contributed by atoms with Gasteiger partial charge in [0.1, 0.15) is 19.2 Å². The number of rotatable bonds is 6. The molecule has 1 aliphatic carbocycles. The summed E-state index contributed by atoms with van der Waals surface area (Å²) in [6, 6.07) is 6.62. The third kappa shape index (κ3) is 4.13. The van der Waals surface area contributed by atoms with Gasteiger partial charge >= 0.3 is 0 Å². The molecular weight excluding hydrogens is 336 g/mol. The van der Waals surface area contributed by atoms with E-state index in [2.05, 4.69) is 60.1 Å². The molecular formula is C23H32N2O2. The lowest BCUT2D eigenvalue weighted by atomic mass is 9.84. The monoisotopic (exact) mass is 368 g/mol. The minimum absolute atomic E-state index is 0.208. The molecule has 4 heteroatoms. The normalized spacial score (nSPS) is 25.5. The van der Waals surface area contributed by atoms with E-state index >= 15 is 0 Å². The van der Waals surface area contributed by atoms with Crippen LogP contribution in [0.4, 0.5) is 0 Å². The van der Waals surface area contributed by atoms with Crippen LogP contribution in [-0.2, 0) is 17.7 Å². The van der Waals surface area contributed by atoms with Crippen LogP contribution in [-0.4, -0.2) is 49.0 Å². The number of nitrogens with zero attached hydrogens (tertiary/aromatic N) is 2. The summed E-state index contributed by atoms with van der Waals surface area (Å²) in [5, 5.41) is 0. The summed E-state index contributed by atoms with van der Waals surface area (Å²) in [5.74, 6) is 1.50. The smallest absolute Gasteiger partial charge is 0.142 e. The average molecular weight is 369 g/mol. The second kappa shape index (κ2) is 8.59. The summed E-state index contributed by atoms with van der Waals surface area (Å²) in [5.41, 5.74) is 4.06. The van der Waals surface area contributed by atoms with E-state index in [0.29, 0.717) is 12.6 Å². The lowest BCUT2D eigenvalue weighted by molar-refractivity contribution is -0.0521. The second-order valence-electron chi connectivity index (χ2n) is 7.99. The Labute approximate surface area is 163 Å². The summed E-state index contributed by atoms with van der Waals surface area (Å²) in [6.07, 6.45) is 10.3. The maximum Gasteiger partial charge on any atom is 0.142 e.